The second kappa shape index (κ2) is 5.18. The van der Waals surface area contributed by atoms with E-state index in [1.165, 1.54) is 12.8 Å². The summed E-state index contributed by atoms with van der Waals surface area (Å²) in [4.78, 5) is 6.86. The smallest absolute Gasteiger partial charge is 0.0952 e. The summed E-state index contributed by atoms with van der Waals surface area (Å²) < 4.78 is 0. The van der Waals surface area contributed by atoms with Gasteiger partial charge in [0, 0.05) is 17.6 Å². The Morgan fingerprint density at radius 1 is 1.27 bits per heavy atom. The standard InChI is InChI=1S/C19H22N2O/c1-2-19-8-11-21(12-9-19)17(13-19)18(22)15-7-10-20-16-6-4-3-5-14(15)16/h2-7,10,17-18,22H,1,8-9,11-13H2/t17-,18+/m0/s1. The minimum absolute atomic E-state index is 0.186. The van der Waals surface area contributed by atoms with Gasteiger partial charge >= 0.3 is 0 Å². The molecule has 3 heteroatoms. The highest BCUT2D eigenvalue weighted by atomic mass is 16.3. The van der Waals surface area contributed by atoms with Crippen LogP contribution in [0.4, 0.5) is 0 Å². The summed E-state index contributed by atoms with van der Waals surface area (Å²) in [5.41, 5.74) is 2.18. The highest BCUT2D eigenvalue weighted by Gasteiger charge is 2.45. The van der Waals surface area contributed by atoms with E-state index in [2.05, 4.69) is 28.6 Å². The van der Waals surface area contributed by atoms with Crippen LogP contribution >= 0.6 is 0 Å². The predicted molar refractivity (Wildman–Crippen MR) is 88.5 cm³/mol. The molecule has 2 aromatic rings. The zero-order chi connectivity index (χ0) is 15.2. The fraction of sp³-hybridized carbons (Fsp3) is 0.421. The summed E-state index contributed by atoms with van der Waals surface area (Å²) >= 11 is 0. The van der Waals surface area contributed by atoms with Crippen molar-refractivity contribution in [2.45, 2.75) is 31.4 Å². The molecule has 3 saturated heterocycles. The van der Waals surface area contributed by atoms with Crippen LogP contribution in [-0.2, 0) is 0 Å². The molecule has 1 N–H and O–H groups in total. The molecule has 114 valence electrons. The molecule has 3 nitrogen and oxygen atoms in total. The molecule has 5 rings (SSSR count). The fourth-order valence-electron chi connectivity index (χ4n) is 4.23. The Morgan fingerprint density at radius 2 is 2.05 bits per heavy atom. The van der Waals surface area contributed by atoms with E-state index in [1.54, 1.807) is 6.20 Å². The lowest BCUT2D eigenvalue weighted by Gasteiger charge is -2.53. The number of fused-ring (bicyclic) bond motifs is 4. The third kappa shape index (κ3) is 2.08. The predicted octanol–water partition coefficient (Wildman–Crippen LogP) is 3.31. The quantitative estimate of drug-likeness (QED) is 0.882. The van der Waals surface area contributed by atoms with Gasteiger partial charge in [-0.05, 0) is 55.5 Å². The van der Waals surface area contributed by atoms with Gasteiger partial charge in [0.05, 0.1) is 11.6 Å². The van der Waals surface area contributed by atoms with Gasteiger partial charge in [-0.1, -0.05) is 24.3 Å². The summed E-state index contributed by atoms with van der Waals surface area (Å²) in [5, 5.41) is 12.1. The molecule has 3 aliphatic heterocycles. The molecule has 0 saturated carbocycles. The third-order valence-electron chi connectivity index (χ3n) is 5.68. The van der Waals surface area contributed by atoms with Gasteiger partial charge in [0.25, 0.3) is 0 Å². The number of pyridine rings is 1. The summed E-state index contributed by atoms with van der Waals surface area (Å²) in [6.45, 7) is 6.19. The molecular weight excluding hydrogens is 272 g/mol. The van der Waals surface area contributed by atoms with E-state index in [0.29, 0.717) is 0 Å². The van der Waals surface area contributed by atoms with Crippen molar-refractivity contribution in [2.24, 2.45) is 5.41 Å². The molecule has 0 amide bonds. The summed E-state index contributed by atoms with van der Waals surface area (Å²) in [6.07, 6.45) is 6.84. The first kappa shape index (κ1) is 13.9. The lowest BCUT2D eigenvalue weighted by molar-refractivity contribution is -0.0522. The maximum Gasteiger partial charge on any atom is 0.0952 e. The monoisotopic (exact) mass is 294 g/mol. The Labute approximate surface area is 131 Å². The second-order valence-corrected chi connectivity index (χ2v) is 6.74. The van der Waals surface area contributed by atoms with Crippen molar-refractivity contribution < 1.29 is 5.11 Å². The largest absolute Gasteiger partial charge is 0.387 e. The van der Waals surface area contributed by atoms with Gasteiger partial charge in [-0.3, -0.25) is 9.88 Å². The molecule has 1 aromatic carbocycles. The molecule has 3 aliphatic rings. The van der Waals surface area contributed by atoms with E-state index in [1.807, 2.05) is 24.3 Å². The average molecular weight is 294 g/mol. The number of nitrogens with zero attached hydrogens (tertiary/aromatic N) is 2. The van der Waals surface area contributed by atoms with Crippen molar-refractivity contribution in [3.05, 3.63) is 54.7 Å². The number of aromatic nitrogens is 1. The van der Waals surface area contributed by atoms with Crippen molar-refractivity contribution >= 4 is 10.9 Å². The zero-order valence-corrected chi connectivity index (χ0v) is 12.8. The second-order valence-electron chi connectivity index (χ2n) is 6.74. The number of aliphatic hydroxyl groups is 1. The number of hydrogen-bond donors (Lipinski definition) is 1. The number of aliphatic hydroxyl groups excluding tert-OH is 1. The minimum atomic E-state index is -0.465. The van der Waals surface area contributed by atoms with Crippen LogP contribution in [-0.4, -0.2) is 34.1 Å². The molecule has 0 unspecified atom stereocenters. The Morgan fingerprint density at radius 3 is 2.82 bits per heavy atom. The number of piperidine rings is 3. The number of hydrogen-bond acceptors (Lipinski definition) is 3. The lowest BCUT2D eigenvalue weighted by atomic mass is 9.67. The van der Waals surface area contributed by atoms with Gasteiger partial charge in [0.15, 0.2) is 0 Å². The van der Waals surface area contributed by atoms with Gasteiger partial charge in [-0.25, -0.2) is 0 Å². The molecule has 2 bridgehead atoms. The first-order valence-electron chi connectivity index (χ1n) is 8.12. The minimum Gasteiger partial charge on any atom is -0.387 e. The summed E-state index contributed by atoms with van der Waals surface area (Å²) in [6, 6.07) is 10.2. The van der Waals surface area contributed by atoms with Crippen LogP contribution in [0, 0.1) is 5.41 Å². The zero-order valence-electron chi connectivity index (χ0n) is 12.8. The van der Waals surface area contributed by atoms with Gasteiger partial charge in [-0.15, -0.1) is 6.58 Å². The van der Waals surface area contributed by atoms with Crippen molar-refractivity contribution in [1.29, 1.82) is 0 Å². The molecule has 0 aliphatic carbocycles. The van der Waals surface area contributed by atoms with Crippen molar-refractivity contribution in [1.82, 2.24) is 9.88 Å². The summed E-state index contributed by atoms with van der Waals surface area (Å²) in [5.74, 6) is 0. The van der Waals surface area contributed by atoms with E-state index in [9.17, 15) is 5.11 Å². The maximum absolute atomic E-state index is 11.1. The number of para-hydroxylation sites is 1. The van der Waals surface area contributed by atoms with Gasteiger partial charge in [0.2, 0.25) is 0 Å². The van der Waals surface area contributed by atoms with Crippen molar-refractivity contribution in [3.8, 4) is 0 Å². The number of benzene rings is 1. The maximum atomic E-state index is 11.1. The molecule has 1 aromatic heterocycles. The van der Waals surface area contributed by atoms with Crippen LogP contribution in [0.3, 0.4) is 0 Å². The number of rotatable bonds is 3. The summed E-state index contributed by atoms with van der Waals surface area (Å²) in [7, 11) is 0. The van der Waals surface area contributed by atoms with E-state index >= 15 is 0 Å². The van der Waals surface area contributed by atoms with Crippen LogP contribution in [0.1, 0.15) is 30.9 Å². The fourth-order valence-corrected chi connectivity index (χ4v) is 4.23. The molecule has 22 heavy (non-hydrogen) atoms. The topological polar surface area (TPSA) is 36.4 Å². The lowest BCUT2D eigenvalue weighted by Crippen LogP contribution is -2.55. The van der Waals surface area contributed by atoms with Crippen LogP contribution in [0.5, 0.6) is 0 Å². The van der Waals surface area contributed by atoms with E-state index < -0.39 is 6.10 Å². The van der Waals surface area contributed by atoms with Gasteiger partial charge < -0.3 is 5.11 Å². The first-order chi connectivity index (χ1) is 10.7. The molecular formula is C19H22N2O. The molecule has 4 heterocycles. The van der Waals surface area contributed by atoms with Crippen LogP contribution in [0.15, 0.2) is 49.2 Å². The van der Waals surface area contributed by atoms with Crippen LogP contribution in [0.25, 0.3) is 10.9 Å². The van der Waals surface area contributed by atoms with Gasteiger partial charge in [-0.2, -0.15) is 0 Å². The first-order valence-corrected chi connectivity index (χ1v) is 8.12. The van der Waals surface area contributed by atoms with E-state index in [0.717, 1.165) is 36.0 Å². The van der Waals surface area contributed by atoms with Crippen LogP contribution in [0.2, 0.25) is 0 Å². The van der Waals surface area contributed by atoms with Crippen molar-refractivity contribution in [2.75, 3.05) is 13.1 Å². The van der Waals surface area contributed by atoms with E-state index in [-0.39, 0.29) is 11.5 Å². The molecule has 2 atom stereocenters. The highest BCUT2D eigenvalue weighted by Crippen LogP contribution is 2.47. The van der Waals surface area contributed by atoms with Crippen LogP contribution < -0.4 is 0 Å². The Bertz CT molecular complexity index is 698. The molecule has 0 spiro atoms. The molecule has 0 radical (unpaired) electrons. The molecule has 3 fully saturated rings. The van der Waals surface area contributed by atoms with Crippen molar-refractivity contribution in [3.63, 3.8) is 0 Å². The Hall–Kier alpha value is -1.71. The SMILES string of the molecule is C=CC12CCN(CC1)[C@H]([C@H](O)c1ccnc3ccccc13)C2. The van der Waals surface area contributed by atoms with Gasteiger partial charge in [0.1, 0.15) is 0 Å². The van der Waals surface area contributed by atoms with E-state index in [4.69, 9.17) is 0 Å². The normalized spacial score (nSPS) is 32.0. The number of allylic oxidation sites excluding steroid dienone is 1. The highest BCUT2D eigenvalue weighted by molar-refractivity contribution is 5.82. The Kier molecular flexibility index (Phi) is 3.28. The average Bonchev–Trinajstić information content (AvgIpc) is 2.61. The third-order valence-corrected chi connectivity index (χ3v) is 5.68. The Balaban J connectivity index is 1.72.